The Balaban J connectivity index is 1.18. The number of rotatable bonds is 7. The molecule has 0 aliphatic carbocycles. The number of benzene rings is 3. The van der Waals surface area contributed by atoms with Gasteiger partial charge in [0.15, 0.2) is 0 Å². The van der Waals surface area contributed by atoms with Crippen molar-refractivity contribution in [3.05, 3.63) is 119 Å². The standard InChI is InChI=1S/C38H42N6/c1-38(2,3)30-18-16-27(17-19-30)31(26-12-14-29(15-13-26)35-24-42-37(44-35)33-7-5-21-40-33)22-25-8-10-28(11-9-25)34-23-41-36(43-34)32-6-4-20-39-32/h8-19,22-24,32-33,39-40H,4-7,20-21H2,1-3H3,(H,41,43)(H,42,44)/t32-,33-/m0/s1. The van der Waals surface area contributed by atoms with Crippen molar-refractivity contribution >= 4 is 11.6 Å². The van der Waals surface area contributed by atoms with Crippen LogP contribution in [0.4, 0.5) is 0 Å². The molecule has 3 aromatic carbocycles. The Kier molecular flexibility index (Phi) is 7.79. The maximum atomic E-state index is 4.67. The van der Waals surface area contributed by atoms with Crippen molar-refractivity contribution in [2.45, 2.75) is 64.0 Å². The van der Waals surface area contributed by atoms with Crippen LogP contribution in [0.5, 0.6) is 0 Å². The predicted octanol–water partition coefficient (Wildman–Crippen LogP) is 8.20. The normalized spacial score (nSPS) is 19.1. The highest BCUT2D eigenvalue weighted by Crippen LogP contribution is 2.32. The zero-order chi connectivity index (χ0) is 30.1. The Bertz CT molecular complexity index is 1720. The monoisotopic (exact) mass is 582 g/mol. The minimum absolute atomic E-state index is 0.108. The van der Waals surface area contributed by atoms with Crippen molar-refractivity contribution in [1.82, 2.24) is 30.6 Å². The summed E-state index contributed by atoms with van der Waals surface area (Å²) in [6.45, 7) is 8.90. The molecule has 7 rings (SSSR count). The van der Waals surface area contributed by atoms with Gasteiger partial charge in [0.05, 0.1) is 35.9 Å². The van der Waals surface area contributed by atoms with E-state index in [2.05, 4.69) is 130 Å². The maximum absolute atomic E-state index is 4.67. The van der Waals surface area contributed by atoms with E-state index in [1.54, 1.807) is 0 Å². The molecule has 2 fully saturated rings. The third-order valence-electron chi connectivity index (χ3n) is 9.07. The minimum Gasteiger partial charge on any atom is -0.341 e. The lowest BCUT2D eigenvalue weighted by Gasteiger charge is -2.19. The Hall–Kier alpha value is -4.26. The van der Waals surface area contributed by atoms with E-state index in [0.717, 1.165) is 65.7 Å². The van der Waals surface area contributed by atoms with E-state index in [4.69, 9.17) is 0 Å². The van der Waals surface area contributed by atoms with Crippen molar-refractivity contribution < 1.29 is 0 Å². The molecule has 0 spiro atoms. The van der Waals surface area contributed by atoms with Crippen molar-refractivity contribution in [3.63, 3.8) is 0 Å². The van der Waals surface area contributed by atoms with Crippen LogP contribution in [-0.2, 0) is 5.41 Å². The molecule has 2 aromatic heterocycles. The number of nitrogens with zero attached hydrogens (tertiary/aromatic N) is 2. The van der Waals surface area contributed by atoms with E-state index < -0.39 is 0 Å². The molecular formula is C38H42N6. The largest absolute Gasteiger partial charge is 0.341 e. The summed E-state index contributed by atoms with van der Waals surface area (Å²) in [4.78, 5) is 16.4. The van der Waals surface area contributed by atoms with Gasteiger partial charge in [-0.1, -0.05) is 93.6 Å². The second kappa shape index (κ2) is 12.0. The molecular weight excluding hydrogens is 540 g/mol. The maximum Gasteiger partial charge on any atom is 0.123 e. The van der Waals surface area contributed by atoms with Crippen LogP contribution >= 0.6 is 0 Å². The van der Waals surface area contributed by atoms with E-state index in [1.807, 2.05) is 12.4 Å². The topological polar surface area (TPSA) is 81.4 Å². The van der Waals surface area contributed by atoms with E-state index in [9.17, 15) is 0 Å². The lowest BCUT2D eigenvalue weighted by molar-refractivity contribution is 0.590. The minimum atomic E-state index is 0.108. The lowest BCUT2D eigenvalue weighted by atomic mass is 9.85. The van der Waals surface area contributed by atoms with Crippen LogP contribution in [0.25, 0.3) is 34.2 Å². The van der Waals surface area contributed by atoms with Crippen LogP contribution < -0.4 is 10.6 Å². The van der Waals surface area contributed by atoms with Crippen LogP contribution in [0.1, 0.15) is 92.4 Å². The molecule has 44 heavy (non-hydrogen) atoms. The van der Waals surface area contributed by atoms with Crippen LogP contribution in [-0.4, -0.2) is 33.0 Å². The van der Waals surface area contributed by atoms with Crippen LogP contribution in [0, 0.1) is 0 Å². The van der Waals surface area contributed by atoms with Crippen LogP contribution in [0.2, 0.25) is 0 Å². The zero-order valence-corrected chi connectivity index (χ0v) is 26.0. The fraction of sp³-hybridized carbons (Fsp3) is 0.316. The quantitative estimate of drug-likeness (QED) is 0.146. The van der Waals surface area contributed by atoms with E-state index in [1.165, 1.54) is 35.1 Å². The summed E-state index contributed by atoms with van der Waals surface area (Å²) in [5.41, 5.74) is 10.6. The second-order valence-electron chi connectivity index (χ2n) is 13.2. The molecule has 4 N–H and O–H groups in total. The Morgan fingerprint density at radius 1 is 0.659 bits per heavy atom. The molecule has 4 heterocycles. The molecule has 2 atom stereocenters. The van der Waals surface area contributed by atoms with Gasteiger partial charge in [-0.15, -0.1) is 0 Å². The summed E-state index contributed by atoms with van der Waals surface area (Å²) in [6.07, 6.45) is 10.9. The van der Waals surface area contributed by atoms with Crippen LogP contribution in [0.15, 0.2) is 85.2 Å². The van der Waals surface area contributed by atoms with E-state index in [0.29, 0.717) is 12.1 Å². The van der Waals surface area contributed by atoms with Gasteiger partial charge in [0.25, 0.3) is 0 Å². The van der Waals surface area contributed by atoms with Gasteiger partial charge in [0.2, 0.25) is 0 Å². The number of aromatic nitrogens is 4. The Morgan fingerprint density at radius 3 is 1.59 bits per heavy atom. The number of hydrogen-bond acceptors (Lipinski definition) is 4. The van der Waals surface area contributed by atoms with Gasteiger partial charge in [-0.25, -0.2) is 9.97 Å². The van der Waals surface area contributed by atoms with Crippen LogP contribution in [0.3, 0.4) is 0 Å². The van der Waals surface area contributed by atoms with Crippen molar-refractivity contribution in [3.8, 4) is 22.5 Å². The molecule has 6 nitrogen and oxygen atoms in total. The SMILES string of the molecule is CC(C)(C)c1ccc(C(=Cc2ccc(-c3cnc([C@@H]4CCCN4)[nH]3)cc2)c2ccc(-c3cnc([C@@H]4CCCN4)[nH]3)cc2)cc1. The molecule has 0 radical (unpaired) electrons. The molecule has 0 unspecified atom stereocenters. The van der Waals surface area contributed by atoms with Gasteiger partial charge in [0, 0.05) is 0 Å². The smallest absolute Gasteiger partial charge is 0.123 e. The lowest BCUT2D eigenvalue weighted by Crippen LogP contribution is -2.14. The number of aromatic amines is 2. The highest BCUT2D eigenvalue weighted by Gasteiger charge is 2.21. The molecule has 0 saturated carbocycles. The Morgan fingerprint density at radius 2 is 1.14 bits per heavy atom. The summed E-state index contributed by atoms with van der Waals surface area (Å²) in [6, 6.07) is 27.3. The summed E-state index contributed by atoms with van der Waals surface area (Å²) < 4.78 is 0. The average molecular weight is 583 g/mol. The van der Waals surface area contributed by atoms with Gasteiger partial charge in [0.1, 0.15) is 11.6 Å². The first-order valence-corrected chi connectivity index (χ1v) is 16.0. The second-order valence-corrected chi connectivity index (χ2v) is 13.2. The summed E-state index contributed by atoms with van der Waals surface area (Å²) in [5, 5.41) is 7.06. The number of hydrogen-bond donors (Lipinski definition) is 4. The van der Waals surface area contributed by atoms with Gasteiger partial charge >= 0.3 is 0 Å². The first-order chi connectivity index (χ1) is 21.4. The summed E-state index contributed by atoms with van der Waals surface area (Å²) in [5.74, 6) is 2.07. The predicted molar refractivity (Wildman–Crippen MR) is 180 cm³/mol. The highest BCUT2D eigenvalue weighted by atomic mass is 15.0. The fourth-order valence-corrected chi connectivity index (χ4v) is 6.39. The molecule has 2 aliphatic heterocycles. The first kappa shape index (κ1) is 28.5. The van der Waals surface area contributed by atoms with Gasteiger partial charge in [-0.05, 0) is 89.2 Å². The molecule has 0 amide bonds. The van der Waals surface area contributed by atoms with E-state index in [-0.39, 0.29) is 5.41 Å². The van der Waals surface area contributed by atoms with E-state index >= 15 is 0 Å². The highest BCUT2D eigenvalue weighted by molar-refractivity contribution is 5.92. The first-order valence-electron chi connectivity index (χ1n) is 16.0. The van der Waals surface area contributed by atoms with Crippen molar-refractivity contribution in [2.24, 2.45) is 0 Å². The number of H-pyrrole nitrogens is 2. The van der Waals surface area contributed by atoms with Gasteiger partial charge in [-0.3, -0.25) is 0 Å². The zero-order valence-electron chi connectivity index (χ0n) is 26.0. The fourth-order valence-electron chi connectivity index (χ4n) is 6.39. The van der Waals surface area contributed by atoms with Crippen molar-refractivity contribution in [1.29, 1.82) is 0 Å². The van der Waals surface area contributed by atoms with Gasteiger partial charge < -0.3 is 20.6 Å². The average Bonchev–Trinajstić information content (AvgIpc) is 3.87. The third kappa shape index (κ3) is 6.05. The molecule has 2 aliphatic rings. The summed E-state index contributed by atoms with van der Waals surface area (Å²) >= 11 is 0. The van der Waals surface area contributed by atoms with Crippen molar-refractivity contribution in [2.75, 3.05) is 13.1 Å². The number of imidazole rings is 2. The molecule has 224 valence electrons. The molecule has 6 heteroatoms. The molecule has 2 saturated heterocycles. The molecule has 0 bridgehead atoms. The Labute approximate surface area is 260 Å². The molecule has 5 aromatic rings. The van der Waals surface area contributed by atoms with Gasteiger partial charge in [-0.2, -0.15) is 0 Å². The number of nitrogens with one attached hydrogen (secondary N) is 4. The summed E-state index contributed by atoms with van der Waals surface area (Å²) in [7, 11) is 0. The third-order valence-corrected chi connectivity index (χ3v) is 9.07.